The summed E-state index contributed by atoms with van der Waals surface area (Å²) in [5.41, 5.74) is 2.18. The number of benzene rings is 1. The van der Waals surface area contributed by atoms with E-state index in [2.05, 4.69) is 32.3 Å². The van der Waals surface area contributed by atoms with E-state index in [1.165, 1.54) is 0 Å². The van der Waals surface area contributed by atoms with Crippen LogP contribution in [0.3, 0.4) is 0 Å². The number of aryl methyl sites for hydroxylation is 1. The molecule has 1 heterocycles. The van der Waals surface area contributed by atoms with Crippen LogP contribution in [0.5, 0.6) is 0 Å². The lowest BCUT2D eigenvalue weighted by atomic mass is 10.2. The molecule has 5 heteroatoms. The quantitative estimate of drug-likeness (QED) is 0.890. The fourth-order valence-corrected chi connectivity index (χ4v) is 1.95. The van der Waals surface area contributed by atoms with E-state index in [4.69, 9.17) is 16.9 Å². The molecule has 0 radical (unpaired) electrons. The van der Waals surface area contributed by atoms with Gasteiger partial charge in [0, 0.05) is 15.9 Å². The molecule has 0 aliphatic heterocycles. The maximum Gasteiger partial charge on any atom is 0.148 e. The lowest BCUT2D eigenvalue weighted by Gasteiger charge is -2.09. The first kappa shape index (κ1) is 12.9. The zero-order valence-corrected chi connectivity index (χ0v) is 11.9. The number of pyridine rings is 1. The predicted octanol–water partition coefficient (Wildman–Crippen LogP) is 4.42. The second kappa shape index (κ2) is 5.38. The standard InChI is InChI=1S/C13H9BrClN3/c1-8-2-3-9(7-16)13(17-8)18-10-4-5-12(15)11(14)6-10/h2-6H,1H3,(H,17,18). The second-order valence-electron chi connectivity index (χ2n) is 3.71. The number of nitriles is 1. The van der Waals surface area contributed by atoms with Crippen molar-refractivity contribution in [1.29, 1.82) is 5.26 Å². The Bertz CT molecular complexity index is 635. The van der Waals surface area contributed by atoms with Gasteiger partial charge in [-0.15, -0.1) is 0 Å². The number of hydrogen-bond acceptors (Lipinski definition) is 3. The molecule has 0 saturated carbocycles. The number of halogens is 2. The van der Waals surface area contributed by atoms with E-state index in [1.54, 1.807) is 12.1 Å². The van der Waals surface area contributed by atoms with Gasteiger partial charge < -0.3 is 5.32 Å². The van der Waals surface area contributed by atoms with Gasteiger partial charge >= 0.3 is 0 Å². The van der Waals surface area contributed by atoms with Crippen LogP contribution in [-0.4, -0.2) is 4.98 Å². The van der Waals surface area contributed by atoms with Gasteiger partial charge in [-0.25, -0.2) is 4.98 Å². The molecule has 0 aliphatic carbocycles. The number of rotatable bonds is 2. The normalized spacial score (nSPS) is 9.89. The molecule has 0 amide bonds. The van der Waals surface area contributed by atoms with Gasteiger partial charge in [0.15, 0.2) is 0 Å². The first-order valence-corrected chi connectivity index (χ1v) is 6.37. The summed E-state index contributed by atoms with van der Waals surface area (Å²) in [7, 11) is 0. The third kappa shape index (κ3) is 2.81. The van der Waals surface area contributed by atoms with Crippen LogP contribution in [0.4, 0.5) is 11.5 Å². The van der Waals surface area contributed by atoms with E-state index >= 15 is 0 Å². The van der Waals surface area contributed by atoms with Gasteiger partial charge in [-0.1, -0.05) is 11.6 Å². The summed E-state index contributed by atoms with van der Waals surface area (Å²) in [4.78, 5) is 4.31. The summed E-state index contributed by atoms with van der Waals surface area (Å²) in [5, 5.41) is 12.8. The Labute approximate surface area is 119 Å². The van der Waals surface area contributed by atoms with E-state index in [0.717, 1.165) is 15.9 Å². The van der Waals surface area contributed by atoms with Crippen LogP contribution in [0.1, 0.15) is 11.3 Å². The lowest BCUT2D eigenvalue weighted by Crippen LogP contribution is -1.98. The van der Waals surface area contributed by atoms with Gasteiger partial charge in [-0.3, -0.25) is 0 Å². The summed E-state index contributed by atoms with van der Waals surface area (Å²) in [5.74, 6) is 0.548. The molecular weight excluding hydrogens is 314 g/mol. The van der Waals surface area contributed by atoms with E-state index < -0.39 is 0 Å². The summed E-state index contributed by atoms with van der Waals surface area (Å²) in [6.45, 7) is 1.88. The van der Waals surface area contributed by atoms with Crippen molar-refractivity contribution in [2.45, 2.75) is 6.92 Å². The molecule has 0 fully saturated rings. The summed E-state index contributed by atoms with van der Waals surface area (Å²) in [6, 6.07) is 11.1. The SMILES string of the molecule is Cc1ccc(C#N)c(Nc2ccc(Cl)c(Br)c2)n1. The number of nitrogens with one attached hydrogen (secondary N) is 1. The van der Waals surface area contributed by atoms with Crippen molar-refractivity contribution in [3.63, 3.8) is 0 Å². The Balaban J connectivity index is 2.36. The van der Waals surface area contributed by atoms with Gasteiger partial charge in [0.2, 0.25) is 0 Å². The van der Waals surface area contributed by atoms with E-state index in [0.29, 0.717) is 16.4 Å². The Hall–Kier alpha value is -1.57. The molecule has 0 unspecified atom stereocenters. The summed E-state index contributed by atoms with van der Waals surface area (Å²) >= 11 is 9.28. The van der Waals surface area contributed by atoms with Crippen molar-refractivity contribution in [2.24, 2.45) is 0 Å². The maximum absolute atomic E-state index is 9.03. The third-order valence-electron chi connectivity index (χ3n) is 2.34. The summed E-state index contributed by atoms with van der Waals surface area (Å²) < 4.78 is 0.792. The van der Waals surface area contributed by atoms with Gasteiger partial charge in [-0.05, 0) is 53.2 Å². The Morgan fingerprint density at radius 3 is 2.78 bits per heavy atom. The van der Waals surface area contributed by atoms with Crippen molar-refractivity contribution in [1.82, 2.24) is 4.98 Å². The second-order valence-corrected chi connectivity index (χ2v) is 4.98. The molecule has 2 rings (SSSR count). The van der Waals surface area contributed by atoms with Crippen LogP contribution < -0.4 is 5.32 Å². The Morgan fingerprint density at radius 1 is 1.33 bits per heavy atom. The average Bonchev–Trinajstić information content (AvgIpc) is 2.34. The molecule has 3 nitrogen and oxygen atoms in total. The third-order valence-corrected chi connectivity index (χ3v) is 3.55. The summed E-state index contributed by atoms with van der Waals surface area (Å²) in [6.07, 6.45) is 0. The number of aromatic nitrogens is 1. The fraction of sp³-hybridized carbons (Fsp3) is 0.0769. The van der Waals surface area contributed by atoms with Crippen LogP contribution >= 0.6 is 27.5 Å². The minimum absolute atomic E-state index is 0.506. The zero-order valence-electron chi connectivity index (χ0n) is 9.54. The van der Waals surface area contributed by atoms with E-state index in [-0.39, 0.29) is 0 Å². The van der Waals surface area contributed by atoms with Gasteiger partial charge in [0.05, 0.1) is 10.6 Å². The zero-order chi connectivity index (χ0) is 13.1. The molecule has 0 spiro atoms. The van der Waals surface area contributed by atoms with Crippen LogP contribution in [-0.2, 0) is 0 Å². The van der Waals surface area contributed by atoms with Crippen molar-refractivity contribution >= 4 is 39.0 Å². The molecule has 1 N–H and O–H groups in total. The van der Waals surface area contributed by atoms with Crippen LogP contribution in [0, 0.1) is 18.3 Å². The van der Waals surface area contributed by atoms with Gasteiger partial charge in [-0.2, -0.15) is 5.26 Å². The molecule has 2 aromatic rings. The first-order valence-electron chi connectivity index (χ1n) is 5.20. The van der Waals surface area contributed by atoms with E-state index in [9.17, 15) is 0 Å². The number of anilines is 2. The minimum atomic E-state index is 0.506. The molecule has 90 valence electrons. The Morgan fingerprint density at radius 2 is 2.11 bits per heavy atom. The average molecular weight is 323 g/mol. The van der Waals surface area contributed by atoms with Crippen LogP contribution in [0.2, 0.25) is 5.02 Å². The minimum Gasteiger partial charge on any atom is -0.339 e. The topological polar surface area (TPSA) is 48.7 Å². The van der Waals surface area contributed by atoms with Crippen LogP contribution in [0.25, 0.3) is 0 Å². The largest absolute Gasteiger partial charge is 0.339 e. The lowest BCUT2D eigenvalue weighted by molar-refractivity contribution is 1.19. The molecule has 1 aromatic heterocycles. The first-order chi connectivity index (χ1) is 8.60. The fourth-order valence-electron chi connectivity index (χ4n) is 1.45. The van der Waals surface area contributed by atoms with Crippen molar-refractivity contribution in [3.05, 3.63) is 51.1 Å². The van der Waals surface area contributed by atoms with Crippen molar-refractivity contribution in [3.8, 4) is 6.07 Å². The number of hydrogen-bond donors (Lipinski definition) is 1. The predicted molar refractivity (Wildman–Crippen MR) is 76.1 cm³/mol. The highest BCUT2D eigenvalue weighted by molar-refractivity contribution is 9.10. The van der Waals surface area contributed by atoms with Crippen molar-refractivity contribution in [2.75, 3.05) is 5.32 Å². The molecular formula is C13H9BrClN3. The molecule has 1 aromatic carbocycles. The molecule has 0 bridgehead atoms. The molecule has 0 aliphatic rings. The van der Waals surface area contributed by atoms with Gasteiger partial charge in [0.25, 0.3) is 0 Å². The van der Waals surface area contributed by atoms with Crippen molar-refractivity contribution < 1.29 is 0 Å². The highest BCUT2D eigenvalue weighted by Crippen LogP contribution is 2.27. The van der Waals surface area contributed by atoms with Crippen LogP contribution in [0.15, 0.2) is 34.8 Å². The number of nitrogens with zero attached hydrogens (tertiary/aromatic N) is 2. The highest BCUT2D eigenvalue weighted by Gasteiger charge is 2.05. The maximum atomic E-state index is 9.03. The van der Waals surface area contributed by atoms with E-state index in [1.807, 2.05) is 25.1 Å². The smallest absolute Gasteiger partial charge is 0.148 e. The molecule has 18 heavy (non-hydrogen) atoms. The molecule has 0 saturated heterocycles. The Kier molecular flexibility index (Phi) is 3.85. The molecule has 0 atom stereocenters. The highest BCUT2D eigenvalue weighted by atomic mass is 79.9. The monoisotopic (exact) mass is 321 g/mol. The van der Waals surface area contributed by atoms with Gasteiger partial charge in [0.1, 0.15) is 11.9 Å².